The fourth-order valence-corrected chi connectivity index (χ4v) is 2.11. The highest BCUT2D eigenvalue weighted by molar-refractivity contribution is 6.15. The topological polar surface area (TPSA) is 89.1 Å². The number of aryl methyl sites for hydroxylation is 1. The van der Waals surface area contributed by atoms with Crippen LogP contribution in [0.3, 0.4) is 0 Å². The van der Waals surface area contributed by atoms with Crippen molar-refractivity contribution in [2.24, 2.45) is 0 Å². The first-order valence-corrected chi connectivity index (χ1v) is 5.93. The number of H-pyrrole nitrogens is 1. The predicted molar refractivity (Wildman–Crippen MR) is 71.8 cm³/mol. The van der Waals surface area contributed by atoms with Crippen LogP contribution in [0.1, 0.15) is 21.7 Å². The molecule has 1 aromatic carbocycles. The number of benzene rings is 1. The Hall–Kier alpha value is -2.89. The minimum absolute atomic E-state index is 0.0434. The van der Waals surface area contributed by atoms with Gasteiger partial charge in [0.05, 0.1) is 11.6 Å². The van der Waals surface area contributed by atoms with E-state index >= 15 is 0 Å². The maximum atomic E-state index is 12.3. The van der Waals surface area contributed by atoms with Gasteiger partial charge in [-0.1, -0.05) is 12.1 Å². The highest BCUT2D eigenvalue weighted by Gasteiger charge is 2.21. The van der Waals surface area contributed by atoms with Gasteiger partial charge in [0.15, 0.2) is 5.76 Å². The number of carbonyl (C=O) groups excluding carboxylic acids is 1. The van der Waals surface area contributed by atoms with Crippen molar-refractivity contribution in [1.82, 2.24) is 4.98 Å². The van der Waals surface area contributed by atoms with E-state index in [0.29, 0.717) is 5.56 Å². The fraction of sp³-hybridized carbons (Fsp3) is 0.0714. The van der Waals surface area contributed by atoms with Gasteiger partial charge < -0.3 is 9.40 Å². The van der Waals surface area contributed by atoms with Crippen LogP contribution in [0, 0.1) is 17.0 Å². The molecule has 0 saturated carbocycles. The Morgan fingerprint density at radius 1 is 1.30 bits per heavy atom. The van der Waals surface area contributed by atoms with E-state index in [9.17, 15) is 14.9 Å². The van der Waals surface area contributed by atoms with Gasteiger partial charge in [-0.3, -0.25) is 14.9 Å². The van der Waals surface area contributed by atoms with Gasteiger partial charge in [0.25, 0.3) is 0 Å². The first kappa shape index (κ1) is 12.2. The molecule has 0 spiro atoms. The number of nitrogens with one attached hydrogen (secondary N) is 1. The second-order valence-corrected chi connectivity index (χ2v) is 4.48. The molecule has 0 amide bonds. The molecule has 2 heterocycles. The number of nitrogens with zero attached hydrogens (tertiary/aromatic N) is 1. The van der Waals surface area contributed by atoms with Gasteiger partial charge in [-0.25, -0.2) is 0 Å². The number of hydrogen-bond donors (Lipinski definition) is 1. The molecule has 0 unspecified atom stereocenters. The molecule has 0 saturated heterocycles. The van der Waals surface area contributed by atoms with Crippen molar-refractivity contribution in [2.75, 3.05) is 0 Å². The minimum Gasteiger partial charge on any atom is -0.397 e. The van der Waals surface area contributed by atoms with Crippen molar-refractivity contribution >= 4 is 22.6 Å². The van der Waals surface area contributed by atoms with Crippen molar-refractivity contribution in [3.63, 3.8) is 0 Å². The predicted octanol–water partition coefficient (Wildman–Crippen LogP) is 3.21. The number of fused-ring (bicyclic) bond motifs is 1. The second kappa shape index (κ2) is 4.34. The van der Waals surface area contributed by atoms with Crippen LogP contribution in [0.2, 0.25) is 0 Å². The SMILES string of the molecule is Cc1ccc2c(C(=O)c3ccc([N+](=O)[O-])o3)c[nH]c2c1. The molecule has 3 aromatic rings. The summed E-state index contributed by atoms with van der Waals surface area (Å²) < 4.78 is 4.94. The Balaban J connectivity index is 2.05. The molecule has 0 atom stereocenters. The third-order valence-electron chi connectivity index (χ3n) is 3.08. The normalized spacial score (nSPS) is 10.8. The number of aromatic amines is 1. The lowest BCUT2D eigenvalue weighted by Gasteiger charge is -1.96. The Morgan fingerprint density at radius 2 is 2.10 bits per heavy atom. The summed E-state index contributed by atoms with van der Waals surface area (Å²) in [6, 6.07) is 8.15. The molecule has 6 heteroatoms. The van der Waals surface area contributed by atoms with Gasteiger partial charge in [-0.2, -0.15) is 0 Å². The minimum atomic E-state index is -0.671. The molecule has 3 rings (SSSR count). The average Bonchev–Trinajstić information content (AvgIpc) is 3.04. The van der Waals surface area contributed by atoms with Gasteiger partial charge in [0, 0.05) is 17.1 Å². The average molecular weight is 270 g/mol. The van der Waals surface area contributed by atoms with Gasteiger partial charge in [-0.05, 0) is 24.6 Å². The standard InChI is InChI=1S/C14H10N2O4/c1-8-2-3-9-10(7-15-11(9)6-8)14(17)12-4-5-13(20-12)16(18)19/h2-7,15H,1H3. The van der Waals surface area contributed by atoms with Crippen molar-refractivity contribution in [1.29, 1.82) is 0 Å². The van der Waals surface area contributed by atoms with Crippen LogP contribution in [0.15, 0.2) is 40.9 Å². The molecule has 20 heavy (non-hydrogen) atoms. The van der Waals surface area contributed by atoms with Gasteiger partial charge in [0.1, 0.15) is 4.92 Å². The molecule has 1 N–H and O–H groups in total. The molecule has 0 aliphatic rings. The molecule has 2 aromatic heterocycles. The summed E-state index contributed by atoms with van der Waals surface area (Å²) in [5.41, 5.74) is 2.35. The number of furan rings is 1. The highest BCUT2D eigenvalue weighted by atomic mass is 16.6. The molecule has 100 valence electrons. The number of nitro groups is 1. The molecule has 0 aliphatic carbocycles. The van der Waals surface area contributed by atoms with Crippen molar-refractivity contribution in [3.05, 3.63) is 63.5 Å². The van der Waals surface area contributed by atoms with Crippen LogP contribution < -0.4 is 0 Å². The van der Waals surface area contributed by atoms with Crippen LogP contribution in [0.4, 0.5) is 5.88 Å². The van der Waals surface area contributed by atoms with Crippen molar-refractivity contribution in [2.45, 2.75) is 6.92 Å². The second-order valence-electron chi connectivity index (χ2n) is 4.48. The molecule has 0 bridgehead atoms. The van der Waals surface area contributed by atoms with Gasteiger partial charge >= 0.3 is 5.88 Å². The molecule has 6 nitrogen and oxygen atoms in total. The van der Waals surface area contributed by atoms with Crippen LogP contribution >= 0.6 is 0 Å². The Kier molecular flexibility index (Phi) is 2.64. The first-order valence-electron chi connectivity index (χ1n) is 5.93. The van der Waals surface area contributed by atoms with E-state index in [1.165, 1.54) is 12.1 Å². The summed E-state index contributed by atoms with van der Waals surface area (Å²) in [5.74, 6) is -0.865. The van der Waals surface area contributed by atoms with E-state index in [-0.39, 0.29) is 11.5 Å². The van der Waals surface area contributed by atoms with E-state index in [1.54, 1.807) is 6.20 Å². The van der Waals surface area contributed by atoms with Crippen LogP contribution in [0.25, 0.3) is 10.9 Å². The monoisotopic (exact) mass is 270 g/mol. The van der Waals surface area contributed by atoms with Gasteiger partial charge in [0.2, 0.25) is 5.78 Å². The van der Waals surface area contributed by atoms with Crippen LogP contribution in [-0.4, -0.2) is 15.7 Å². The summed E-state index contributed by atoms with van der Waals surface area (Å²) in [6.45, 7) is 1.96. The number of hydrogen-bond acceptors (Lipinski definition) is 4. The van der Waals surface area contributed by atoms with E-state index in [0.717, 1.165) is 16.5 Å². The summed E-state index contributed by atoms with van der Waals surface area (Å²) in [5, 5.41) is 11.3. The quantitative estimate of drug-likeness (QED) is 0.449. The van der Waals surface area contributed by atoms with Crippen LogP contribution in [0.5, 0.6) is 0 Å². The largest absolute Gasteiger partial charge is 0.433 e. The van der Waals surface area contributed by atoms with Crippen LogP contribution in [-0.2, 0) is 0 Å². The lowest BCUT2D eigenvalue weighted by molar-refractivity contribution is -0.402. The molecule has 0 aliphatic heterocycles. The smallest absolute Gasteiger partial charge is 0.397 e. The highest BCUT2D eigenvalue weighted by Crippen LogP contribution is 2.24. The summed E-state index contributed by atoms with van der Waals surface area (Å²) >= 11 is 0. The number of ketones is 1. The maximum absolute atomic E-state index is 12.3. The van der Waals surface area contributed by atoms with Crippen molar-refractivity contribution in [3.8, 4) is 0 Å². The van der Waals surface area contributed by atoms with Gasteiger partial charge in [-0.15, -0.1) is 0 Å². The molecule has 0 fully saturated rings. The van der Waals surface area contributed by atoms with E-state index < -0.39 is 10.8 Å². The summed E-state index contributed by atoms with van der Waals surface area (Å²) in [4.78, 5) is 25.2. The number of carbonyl (C=O) groups is 1. The third-order valence-corrected chi connectivity index (χ3v) is 3.08. The van der Waals surface area contributed by atoms with E-state index in [4.69, 9.17) is 4.42 Å². The Morgan fingerprint density at radius 3 is 2.80 bits per heavy atom. The summed E-state index contributed by atoms with van der Waals surface area (Å²) in [6.07, 6.45) is 1.58. The zero-order valence-corrected chi connectivity index (χ0v) is 10.5. The fourth-order valence-electron chi connectivity index (χ4n) is 2.11. The zero-order chi connectivity index (χ0) is 14.3. The number of aromatic nitrogens is 1. The summed E-state index contributed by atoms with van der Waals surface area (Å²) in [7, 11) is 0. The lowest BCUT2D eigenvalue weighted by atomic mass is 10.1. The Bertz CT molecular complexity index is 829. The van der Waals surface area contributed by atoms with E-state index in [2.05, 4.69) is 4.98 Å². The first-order chi connectivity index (χ1) is 9.56. The molecular weight excluding hydrogens is 260 g/mol. The van der Waals surface area contributed by atoms with E-state index in [1.807, 2.05) is 25.1 Å². The lowest BCUT2D eigenvalue weighted by Crippen LogP contribution is -1.98. The molecular formula is C14H10N2O4. The number of rotatable bonds is 3. The Labute approximate surface area is 113 Å². The molecule has 0 radical (unpaired) electrons. The zero-order valence-electron chi connectivity index (χ0n) is 10.5. The van der Waals surface area contributed by atoms with Crippen molar-refractivity contribution < 1.29 is 14.1 Å². The maximum Gasteiger partial charge on any atom is 0.433 e. The third kappa shape index (κ3) is 1.87.